The van der Waals surface area contributed by atoms with Gasteiger partial charge in [0.25, 0.3) is 0 Å². The van der Waals surface area contributed by atoms with Gasteiger partial charge in [0.2, 0.25) is 0 Å². The molecule has 1 aliphatic heterocycles. The summed E-state index contributed by atoms with van der Waals surface area (Å²) in [4.78, 5) is 8.70. The Labute approximate surface area is 121 Å². The van der Waals surface area contributed by atoms with Crippen molar-refractivity contribution >= 4 is 0 Å². The van der Waals surface area contributed by atoms with E-state index in [1.807, 2.05) is 13.1 Å². The maximum Gasteiger partial charge on any atom is 0.0684 e. The van der Waals surface area contributed by atoms with Crippen LogP contribution in [0.1, 0.15) is 38.1 Å². The van der Waals surface area contributed by atoms with Gasteiger partial charge >= 0.3 is 0 Å². The zero-order valence-corrected chi connectivity index (χ0v) is 12.7. The molecular weight excluding hydrogens is 250 g/mol. The third-order valence-electron chi connectivity index (χ3n) is 4.88. The Bertz CT molecular complexity index is 475. The van der Waals surface area contributed by atoms with Gasteiger partial charge in [-0.3, -0.25) is 9.97 Å². The Balaban J connectivity index is 1.53. The van der Waals surface area contributed by atoms with Gasteiger partial charge in [0.05, 0.1) is 17.5 Å². The number of rotatable bonds is 4. The summed E-state index contributed by atoms with van der Waals surface area (Å²) in [5.41, 5.74) is 2.32. The summed E-state index contributed by atoms with van der Waals surface area (Å²) in [7, 11) is 0. The molecule has 3 unspecified atom stereocenters. The van der Waals surface area contributed by atoms with Crippen LogP contribution in [0.4, 0.5) is 0 Å². The van der Waals surface area contributed by atoms with Gasteiger partial charge in [0.15, 0.2) is 0 Å². The third kappa shape index (κ3) is 2.47. The monoisotopic (exact) mass is 275 g/mol. The lowest BCUT2D eigenvalue weighted by Crippen LogP contribution is -2.69. The molecule has 0 spiro atoms. The first kappa shape index (κ1) is 14.0. The molecule has 1 saturated heterocycles. The summed E-state index contributed by atoms with van der Waals surface area (Å²) in [6.45, 7) is 8.54. The van der Waals surface area contributed by atoms with Crippen LogP contribution >= 0.6 is 0 Å². The van der Waals surface area contributed by atoms with Crippen LogP contribution in [-0.2, 0) is 11.2 Å². The van der Waals surface area contributed by atoms with Crippen molar-refractivity contribution in [2.24, 2.45) is 11.3 Å². The lowest BCUT2D eigenvalue weighted by atomic mass is 9.55. The number of fused-ring (bicyclic) bond motifs is 1. The molecule has 1 aliphatic carbocycles. The minimum absolute atomic E-state index is 0.253. The topological polar surface area (TPSA) is 47.0 Å². The lowest BCUT2D eigenvalue weighted by molar-refractivity contribution is -0.192. The predicted octanol–water partition coefficient (Wildman–Crippen LogP) is 2.12. The minimum Gasteiger partial charge on any atom is -0.377 e. The molecule has 20 heavy (non-hydrogen) atoms. The number of hydrogen-bond acceptors (Lipinski definition) is 4. The van der Waals surface area contributed by atoms with E-state index in [1.54, 1.807) is 6.20 Å². The Kier molecular flexibility index (Phi) is 3.78. The van der Waals surface area contributed by atoms with Crippen molar-refractivity contribution in [1.29, 1.82) is 0 Å². The second kappa shape index (κ2) is 5.41. The highest BCUT2D eigenvalue weighted by Gasteiger charge is 2.57. The number of nitrogens with one attached hydrogen (secondary N) is 1. The number of aromatic nitrogens is 2. The number of ether oxygens (including phenoxy) is 1. The average Bonchev–Trinajstić information content (AvgIpc) is 2.43. The van der Waals surface area contributed by atoms with Crippen molar-refractivity contribution in [2.75, 3.05) is 13.2 Å². The van der Waals surface area contributed by atoms with E-state index in [2.05, 4.69) is 29.1 Å². The lowest BCUT2D eigenvalue weighted by Gasteiger charge is -2.60. The highest BCUT2D eigenvalue weighted by molar-refractivity contribution is 5.10. The van der Waals surface area contributed by atoms with Crippen molar-refractivity contribution < 1.29 is 4.74 Å². The Hall–Kier alpha value is -1.00. The van der Waals surface area contributed by atoms with Crippen LogP contribution in [0.5, 0.6) is 0 Å². The smallest absolute Gasteiger partial charge is 0.0684 e. The summed E-state index contributed by atoms with van der Waals surface area (Å²) < 4.78 is 5.94. The maximum atomic E-state index is 5.94. The van der Waals surface area contributed by atoms with Crippen LogP contribution in [0, 0.1) is 18.3 Å². The summed E-state index contributed by atoms with van der Waals surface area (Å²) in [5, 5.41) is 3.73. The average molecular weight is 275 g/mol. The number of aryl methyl sites for hydroxylation is 1. The van der Waals surface area contributed by atoms with Crippen LogP contribution in [-0.4, -0.2) is 35.3 Å². The van der Waals surface area contributed by atoms with E-state index >= 15 is 0 Å². The van der Waals surface area contributed by atoms with Crippen LogP contribution < -0.4 is 5.32 Å². The van der Waals surface area contributed by atoms with Gasteiger partial charge in [-0.2, -0.15) is 0 Å². The first-order chi connectivity index (χ1) is 9.59. The highest BCUT2D eigenvalue weighted by atomic mass is 16.5. The van der Waals surface area contributed by atoms with E-state index in [9.17, 15) is 0 Å². The van der Waals surface area contributed by atoms with Crippen LogP contribution in [0.15, 0.2) is 12.4 Å². The predicted molar refractivity (Wildman–Crippen MR) is 78.5 cm³/mol. The fraction of sp³-hybridized carbons (Fsp3) is 0.750. The Morgan fingerprint density at radius 2 is 2.25 bits per heavy atom. The molecule has 4 heteroatoms. The molecule has 2 aliphatic rings. The quantitative estimate of drug-likeness (QED) is 0.914. The zero-order chi connectivity index (χ0) is 14.2. The molecule has 3 atom stereocenters. The van der Waals surface area contributed by atoms with Gasteiger partial charge in [0.1, 0.15) is 0 Å². The van der Waals surface area contributed by atoms with Gasteiger partial charge in [-0.25, -0.2) is 0 Å². The standard InChI is InChI=1S/C16H25N3O/c1-11-9-17-10-12(19-11)6-7-18-14-13-5-4-8-20-15(13)16(14,2)3/h9-10,13-15,18H,4-8H2,1-3H3. The Morgan fingerprint density at radius 3 is 3.05 bits per heavy atom. The summed E-state index contributed by atoms with van der Waals surface area (Å²) in [6, 6.07) is 0.575. The summed E-state index contributed by atoms with van der Waals surface area (Å²) in [5.74, 6) is 0.697. The minimum atomic E-state index is 0.253. The first-order valence-electron chi connectivity index (χ1n) is 7.71. The molecule has 2 heterocycles. The van der Waals surface area contributed by atoms with Crippen LogP contribution in [0.3, 0.4) is 0 Å². The van der Waals surface area contributed by atoms with Gasteiger partial charge in [0, 0.05) is 49.3 Å². The van der Waals surface area contributed by atoms with E-state index in [1.165, 1.54) is 12.8 Å². The zero-order valence-electron chi connectivity index (χ0n) is 12.7. The fourth-order valence-electron chi connectivity index (χ4n) is 3.93. The molecule has 0 amide bonds. The number of hydrogen-bond donors (Lipinski definition) is 1. The highest BCUT2D eigenvalue weighted by Crippen LogP contribution is 2.51. The normalized spacial score (nSPS) is 31.4. The van der Waals surface area contributed by atoms with Gasteiger partial charge in [-0.1, -0.05) is 13.8 Å². The molecule has 0 aromatic carbocycles. The summed E-state index contributed by atoms with van der Waals surface area (Å²) >= 11 is 0. The molecule has 1 aromatic rings. The molecule has 1 N–H and O–H groups in total. The molecular formula is C16H25N3O. The second-order valence-corrected chi connectivity index (χ2v) is 6.75. The van der Waals surface area contributed by atoms with E-state index in [4.69, 9.17) is 4.74 Å². The molecule has 1 saturated carbocycles. The molecule has 0 bridgehead atoms. The maximum absolute atomic E-state index is 5.94. The third-order valence-corrected chi connectivity index (χ3v) is 4.88. The molecule has 1 aromatic heterocycles. The summed E-state index contributed by atoms with van der Waals surface area (Å²) in [6.07, 6.45) is 7.57. The van der Waals surface area contributed by atoms with Crippen molar-refractivity contribution in [1.82, 2.24) is 15.3 Å². The van der Waals surface area contributed by atoms with Gasteiger partial charge in [-0.15, -0.1) is 0 Å². The SMILES string of the molecule is Cc1cncc(CCNC2C3CCCOC3C2(C)C)n1. The molecule has 2 fully saturated rings. The Morgan fingerprint density at radius 1 is 1.40 bits per heavy atom. The second-order valence-electron chi connectivity index (χ2n) is 6.75. The van der Waals surface area contributed by atoms with E-state index in [-0.39, 0.29) is 5.41 Å². The van der Waals surface area contributed by atoms with Crippen LogP contribution in [0.2, 0.25) is 0 Å². The van der Waals surface area contributed by atoms with Crippen molar-refractivity contribution in [3.63, 3.8) is 0 Å². The van der Waals surface area contributed by atoms with E-state index < -0.39 is 0 Å². The molecule has 3 rings (SSSR count). The van der Waals surface area contributed by atoms with Crippen molar-refractivity contribution in [3.8, 4) is 0 Å². The van der Waals surface area contributed by atoms with Gasteiger partial charge < -0.3 is 10.1 Å². The van der Waals surface area contributed by atoms with E-state index in [0.717, 1.165) is 31.0 Å². The van der Waals surface area contributed by atoms with Gasteiger partial charge in [-0.05, 0) is 19.8 Å². The molecule has 4 nitrogen and oxygen atoms in total. The van der Waals surface area contributed by atoms with Crippen molar-refractivity contribution in [2.45, 2.75) is 52.2 Å². The molecule has 0 radical (unpaired) electrons. The first-order valence-corrected chi connectivity index (χ1v) is 7.71. The van der Waals surface area contributed by atoms with Crippen LogP contribution in [0.25, 0.3) is 0 Å². The largest absolute Gasteiger partial charge is 0.377 e. The van der Waals surface area contributed by atoms with E-state index in [0.29, 0.717) is 18.1 Å². The molecule has 110 valence electrons. The fourth-order valence-corrected chi connectivity index (χ4v) is 3.93. The number of nitrogens with zero attached hydrogens (tertiary/aromatic N) is 2. The van der Waals surface area contributed by atoms with Crippen molar-refractivity contribution in [3.05, 3.63) is 23.8 Å².